The van der Waals surface area contributed by atoms with Crippen molar-refractivity contribution in [3.05, 3.63) is 40.4 Å². The summed E-state index contributed by atoms with van der Waals surface area (Å²) in [7, 11) is 0. The third-order valence-electron chi connectivity index (χ3n) is 5.17. The van der Waals surface area contributed by atoms with Crippen molar-refractivity contribution in [2.24, 2.45) is 0 Å². The van der Waals surface area contributed by atoms with Gasteiger partial charge in [-0.05, 0) is 12.8 Å². The fourth-order valence-electron chi connectivity index (χ4n) is 3.67. The number of hydrogen-bond acceptors (Lipinski definition) is 4. The normalized spacial score (nSPS) is 14.4. The molecule has 0 radical (unpaired) electrons. The summed E-state index contributed by atoms with van der Waals surface area (Å²) < 4.78 is 1.98. The first-order valence-electron chi connectivity index (χ1n) is 8.94. The summed E-state index contributed by atoms with van der Waals surface area (Å²) >= 11 is 1.59. The number of rotatable bonds is 5. The van der Waals surface area contributed by atoms with Crippen LogP contribution in [0.4, 0.5) is 0 Å². The molecule has 0 saturated heterocycles. The number of nitrogens with one attached hydrogen (secondary N) is 1. The maximum atomic E-state index is 12.8. The number of carbonyl (C=O) groups excluding carboxylic acids is 1. The van der Waals surface area contributed by atoms with Gasteiger partial charge in [0, 0.05) is 54.5 Å². The number of aromatic nitrogens is 4. The summed E-state index contributed by atoms with van der Waals surface area (Å²) in [5, 5.41) is 9.76. The molecule has 1 N–H and O–H groups in total. The van der Waals surface area contributed by atoms with Crippen LogP contribution in [-0.2, 0) is 24.2 Å². The third-order valence-corrected chi connectivity index (χ3v) is 5.94. The molecule has 0 fully saturated rings. The first kappa shape index (κ1) is 16.3. The SMILES string of the molecule is CCC(CC)c1n[nH]c2c1CN(C(=O)Cc1cn3ccsc3n1)CC2. The number of amides is 1. The van der Waals surface area contributed by atoms with Crippen molar-refractivity contribution < 1.29 is 4.79 Å². The Kier molecular flexibility index (Phi) is 4.33. The second-order valence-corrected chi connectivity index (χ2v) is 7.52. The van der Waals surface area contributed by atoms with E-state index in [1.54, 1.807) is 11.3 Å². The molecule has 0 atom stereocenters. The molecule has 0 unspecified atom stereocenters. The van der Waals surface area contributed by atoms with Crippen LogP contribution in [0.1, 0.15) is 55.3 Å². The zero-order chi connectivity index (χ0) is 17.4. The van der Waals surface area contributed by atoms with Crippen LogP contribution in [0.2, 0.25) is 0 Å². The molecule has 0 aliphatic carbocycles. The van der Waals surface area contributed by atoms with Gasteiger partial charge in [0.25, 0.3) is 0 Å². The van der Waals surface area contributed by atoms with Crippen LogP contribution in [0, 0.1) is 0 Å². The summed E-state index contributed by atoms with van der Waals surface area (Å²) in [6.07, 6.45) is 7.29. The van der Waals surface area contributed by atoms with Crippen molar-refractivity contribution in [1.82, 2.24) is 24.5 Å². The lowest BCUT2D eigenvalue weighted by atomic mass is 9.93. The molecule has 6 nitrogen and oxygen atoms in total. The lowest BCUT2D eigenvalue weighted by Crippen LogP contribution is -2.37. The van der Waals surface area contributed by atoms with E-state index in [2.05, 4.69) is 29.0 Å². The van der Waals surface area contributed by atoms with E-state index in [4.69, 9.17) is 0 Å². The number of thiazole rings is 1. The molecular weight excluding hydrogens is 334 g/mol. The van der Waals surface area contributed by atoms with E-state index < -0.39 is 0 Å². The van der Waals surface area contributed by atoms with Crippen LogP contribution in [0.5, 0.6) is 0 Å². The highest BCUT2D eigenvalue weighted by molar-refractivity contribution is 7.15. The van der Waals surface area contributed by atoms with Crippen LogP contribution in [0.15, 0.2) is 17.8 Å². The second-order valence-electron chi connectivity index (χ2n) is 6.65. The largest absolute Gasteiger partial charge is 0.338 e. The minimum atomic E-state index is 0.146. The van der Waals surface area contributed by atoms with Crippen LogP contribution in [-0.4, -0.2) is 36.9 Å². The van der Waals surface area contributed by atoms with E-state index in [1.165, 1.54) is 11.3 Å². The third kappa shape index (κ3) is 2.97. The van der Waals surface area contributed by atoms with Crippen molar-refractivity contribution in [3.8, 4) is 0 Å². The van der Waals surface area contributed by atoms with Crippen LogP contribution in [0.3, 0.4) is 0 Å². The summed E-state index contributed by atoms with van der Waals surface area (Å²) in [4.78, 5) is 20.2. The average Bonchev–Trinajstić information content (AvgIpc) is 3.30. The summed E-state index contributed by atoms with van der Waals surface area (Å²) in [5.41, 5.74) is 4.43. The fourth-order valence-corrected chi connectivity index (χ4v) is 4.39. The first-order chi connectivity index (χ1) is 12.2. The van der Waals surface area contributed by atoms with Crippen LogP contribution in [0.25, 0.3) is 4.96 Å². The van der Waals surface area contributed by atoms with Crippen molar-refractivity contribution in [3.63, 3.8) is 0 Å². The molecule has 4 heterocycles. The number of fused-ring (bicyclic) bond motifs is 2. The monoisotopic (exact) mass is 357 g/mol. The zero-order valence-corrected chi connectivity index (χ0v) is 15.5. The number of H-pyrrole nitrogens is 1. The minimum absolute atomic E-state index is 0.146. The molecule has 7 heteroatoms. The number of aromatic amines is 1. The molecule has 1 amide bonds. The molecule has 3 aromatic heterocycles. The van der Waals surface area contributed by atoms with Gasteiger partial charge in [-0.15, -0.1) is 11.3 Å². The van der Waals surface area contributed by atoms with Gasteiger partial charge in [0.15, 0.2) is 4.96 Å². The summed E-state index contributed by atoms with van der Waals surface area (Å²) in [6.45, 7) is 5.81. The molecule has 1 aliphatic heterocycles. The Morgan fingerprint density at radius 3 is 3.00 bits per heavy atom. The number of nitrogens with zero attached hydrogens (tertiary/aromatic N) is 4. The van der Waals surface area contributed by atoms with Crippen molar-refractivity contribution in [1.29, 1.82) is 0 Å². The van der Waals surface area contributed by atoms with Gasteiger partial charge in [-0.1, -0.05) is 13.8 Å². The Balaban J connectivity index is 1.50. The molecular formula is C18H23N5OS. The average molecular weight is 357 g/mol. The van der Waals surface area contributed by atoms with E-state index in [1.807, 2.05) is 27.1 Å². The molecule has 132 valence electrons. The minimum Gasteiger partial charge on any atom is -0.338 e. The maximum absolute atomic E-state index is 12.8. The highest BCUT2D eigenvalue weighted by atomic mass is 32.1. The molecule has 0 spiro atoms. The molecule has 0 saturated carbocycles. The predicted octanol–water partition coefficient (Wildman–Crippen LogP) is 3.15. The van der Waals surface area contributed by atoms with Gasteiger partial charge in [0.1, 0.15) is 0 Å². The van der Waals surface area contributed by atoms with Crippen molar-refractivity contribution >= 4 is 22.2 Å². The Hall–Kier alpha value is -2.15. The Morgan fingerprint density at radius 2 is 2.24 bits per heavy atom. The van der Waals surface area contributed by atoms with Gasteiger partial charge >= 0.3 is 0 Å². The summed E-state index contributed by atoms with van der Waals surface area (Å²) in [6, 6.07) is 0. The van der Waals surface area contributed by atoms with Gasteiger partial charge in [-0.25, -0.2) is 4.98 Å². The predicted molar refractivity (Wildman–Crippen MR) is 97.8 cm³/mol. The van der Waals surface area contributed by atoms with Crippen LogP contribution < -0.4 is 0 Å². The van der Waals surface area contributed by atoms with E-state index in [0.29, 0.717) is 18.9 Å². The van der Waals surface area contributed by atoms with E-state index in [-0.39, 0.29) is 5.91 Å². The lowest BCUT2D eigenvalue weighted by molar-refractivity contribution is -0.131. The quantitative estimate of drug-likeness (QED) is 0.763. The smallest absolute Gasteiger partial charge is 0.228 e. The molecule has 4 rings (SSSR count). The van der Waals surface area contributed by atoms with Gasteiger partial charge in [-0.2, -0.15) is 5.10 Å². The summed E-state index contributed by atoms with van der Waals surface area (Å²) in [5.74, 6) is 0.614. The van der Waals surface area contributed by atoms with Gasteiger partial charge in [-0.3, -0.25) is 14.3 Å². The Bertz CT molecular complexity index is 860. The Morgan fingerprint density at radius 1 is 1.40 bits per heavy atom. The molecule has 25 heavy (non-hydrogen) atoms. The molecule has 0 aromatic carbocycles. The first-order valence-corrected chi connectivity index (χ1v) is 9.82. The standard InChI is InChI=1S/C18H23N5OS/c1-3-12(4-2)17-14-11-22(6-5-15(14)20-21-17)16(24)9-13-10-23-7-8-25-18(23)19-13/h7-8,10,12H,3-6,9,11H2,1-2H3,(H,20,21). The van der Waals surface area contributed by atoms with E-state index in [0.717, 1.165) is 42.2 Å². The maximum Gasteiger partial charge on any atom is 0.228 e. The fraction of sp³-hybridized carbons (Fsp3) is 0.500. The highest BCUT2D eigenvalue weighted by Gasteiger charge is 2.27. The van der Waals surface area contributed by atoms with Gasteiger partial charge in [0.05, 0.1) is 17.8 Å². The topological polar surface area (TPSA) is 66.3 Å². The second kappa shape index (κ2) is 6.63. The Labute approximate surface area is 150 Å². The van der Waals surface area contributed by atoms with Gasteiger partial charge in [0.2, 0.25) is 5.91 Å². The highest BCUT2D eigenvalue weighted by Crippen LogP contribution is 2.29. The van der Waals surface area contributed by atoms with Crippen LogP contribution >= 0.6 is 11.3 Å². The lowest BCUT2D eigenvalue weighted by Gasteiger charge is -2.28. The molecule has 3 aromatic rings. The molecule has 0 bridgehead atoms. The van der Waals surface area contributed by atoms with Gasteiger partial charge < -0.3 is 4.90 Å². The number of imidazole rings is 1. The molecule has 1 aliphatic rings. The zero-order valence-electron chi connectivity index (χ0n) is 14.7. The number of carbonyl (C=O) groups is 1. The van der Waals surface area contributed by atoms with Crippen molar-refractivity contribution in [2.45, 2.75) is 52.0 Å². The van der Waals surface area contributed by atoms with Crippen molar-refractivity contribution in [2.75, 3.05) is 6.54 Å². The van der Waals surface area contributed by atoms with E-state index in [9.17, 15) is 4.79 Å². The van der Waals surface area contributed by atoms with E-state index >= 15 is 0 Å². The number of hydrogen-bond donors (Lipinski definition) is 1.